The Morgan fingerprint density at radius 2 is 1.65 bits per heavy atom. The van der Waals surface area contributed by atoms with Crippen LogP contribution in [0.3, 0.4) is 0 Å². The summed E-state index contributed by atoms with van der Waals surface area (Å²) in [6.45, 7) is 1.48. The van der Waals surface area contributed by atoms with Crippen LogP contribution < -0.4 is 10.2 Å². The minimum Gasteiger partial charge on any atom is -0.467 e. The van der Waals surface area contributed by atoms with Gasteiger partial charge in [0.25, 0.3) is 5.91 Å². The summed E-state index contributed by atoms with van der Waals surface area (Å²) < 4.78 is 5.27. The van der Waals surface area contributed by atoms with E-state index in [0.29, 0.717) is 38.4 Å². The van der Waals surface area contributed by atoms with Crippen LogP contribution in [0.5, 0.6) is 0 Å². The van der Waals surface area contributed by atoms with E-state index in [1.165, 1.54) is 0 Å². The van der Waals surface area contributed by atoms with Gasteiger partial charge in [0.05, 0.1) is 19.5 Å². The smallest absolute Gasteiger partial charge is 0.250 e. The predicted octanol–water partition coefficient (Wildman–Crippen LogP) is 3.28. The van der Waals surface area contributed by atoms with Crippen molar-refractivity contribution in [2.45, 2.75) is 24.9 Å². The Balaban J connectivity index is 1.28. The van der Waals surface area contributed by atoms with Gasteiger partial charge in [0, 0.05) is 24.9 Å². The van der Waals surface area contributed by atoms with Gasteiger partial charge in [-0.3, -0.25) is 14.4 Å². The van der Waals surface area contributed by atoms with Gasteiger partial charge in [-0.15, -0.1) is 0 Å². The van der Waals surface area contributed by atoms with Crippen LogP contribution in [0.4, 0.5) is 5.69 Å². The maximum atomic E-state index is 13.8. The highest BCUT2D eigenvalue weighted by Crippen LogP contribution is 2.39. The second-order valence-corrected chi connectivity index (χ2v) is 9.37. The van der Waals surface area contributed by atoms with Crippen LogP contribution in [0.15, 0.2) is 89.6 Å². The number of carbonyl (C=O) groups is 3. The Hall–Kier alpha value is -4.33. The van der Waals surface area contributed by atoms with Gasteiger partial charge in [0.15, 0.2) is 0 Å². The highest BCUT2D eigenvalue weighted by molar-refractivity contribution is 5.97. The highest BCUT2D eigenvalue weighted by Gasteiger charge is 2.54. The van der Waals surface area contributed by atoms with Gasteiger partial charge < -0.3 is 24.4 Å². The van der Waals surface area contributed by atoms with E-state index >= 15 is 0 Å². The molecule has 3 amide bonds. The van der Waals surface area contributed by atoms with Gasteiger partial charge in [-0.05, 0) is 48.7 Å². The van der Waals surface area contributed by atoms with Gasteiger partial charge in [-0.2, -0.15) is 0 Å². The Morgan fingerprint density at radius 3 is 2.32 bits per heavy atom. The molecule has 2 aliphatic rings. The Labute approximate surface area is 216 Å². The molecule has 0 bridgehead atoms. The average molecular weight is 499 g/mol. The first-order valence-electron chi connectivity index (χ1n) is 12.5. The largest absolute Gasteiger partial charge is 0.467 e. The maximum Gasteiger partial charge on any atom is 0.250 e. The molecule has 0 atom stereocenters. The van der Waals surface area contributed by atoms with Crippen molar-refractivity contribution in [3.8, 4) is 0 Å². The van der Waals surface area contributed by atoms with Crippen molar-refractivity contribution < 1.29 is 18.8 Å². The molecule has 2 fully saturated rings. The Bertz CT molecular complexity index is 1250. The average Bonchev–Trinajstić information content (AvgIpc) is 3.55. The van der Waals surface area contributed by atoms with Crippen LogP contribution >= 0.6 is 0 Å². The molecule has 0 aliphatic carbocycles. The van der Waals surface area contributed by atoms with Crippen molar-refractivity contribution in [2.24, 2.45) is 0 Å². The van der Waals surface area contributed by atoms with E-state index in [2.05, 4.69) is 10.2 Å². The number of benzene rings is 2. The van der Waals surface area contributed by atoms with Crippen molar-refractivity contribution >= 4 is 29.5 Å². The lowest BCUT2D eigenvalue weighted by atomic mass is 9.85. The Morgan fingerprint density at radius 1 is 0.946 bits per heavy atom. The number of nitrogens with zero attached hydrogens (tertiary/aromatic N) is 3. The van der Waals surface area contributed by atoms with E-state index < -0.39 is 5.54 Å². The SMILES string of the molecule is O=C(CN1CN(c2ccccc2)C2(CCN(C(=O)C=Cc3ccccc3)CC2)C1=O)NCc1ccco1. The number of likely N-dealkylation sites (tertiary alicyclic amines) is 1. The first-order chi connectivity index (χ1) is 18.0. The van der Waals surface area contributed by atoms with Gasteiger partial charge >= 0.3 is 0 Å². The predicted molar refractivity (Wildman–Crippen MR) is 140 cm³/mol. The molecule has 1 N–H and O–H groups in total. The molecule has 3 heterocycles. The van der Waals surface area contributed by atoms with E-state index in [0.717, 1.165) is 11.3 Å². The van der Waals surface area contributed by atoms with E-state index in [9.17, 15) is 14.4 Å². The summed E-state index contributed by atoms with van der Waals surface area (Å²) in [6.07, 6.45) is 5.95. The minimum atomic E-state index is -0.789. The summed E-state index contributed by atoms with van der Waals surface area (Å²) in [5.74, 6) is 0.274. The van der Waals surface area contributed by atoms with Crippen LogP contribution in [0.2, 0.25) is 0 Å². The van der Waals surface area contributed by atoms with Crippen molar-refractivity contribution in [3.63, 3.8) is 0 Å². The molecule has 0 radical (unpaired) electrons. The summed E-state index contributed by atoms with van der Waals surface area (Å²) >= 11 is 0. The number of amides is 3. The third-order valence-electron chi connectivity index (χ3n) is 7.08. The molecule has 37 heavy (non-hydrogen) atoms. The molecule has 1 aromatic heterocycles. The molecule has 0 unspecified atom stereocenters. The number of hydrogen-bond donors (Lipinski definition) is 1. The minimum absolute atomic E-state index is 0.0346. The number of piperidine rings is 1. The van der Waals surface area contributed by atoms with E-state index in [1.54, 1.807) is 34.3 Å². The molecule has 190 valence electrons. The van der Waals surface area contributed by atoms with E-state index in [4.69, 9.17) is 4.42 Å². The number of para-hydroxylation sites is 1. The van der Waals surface area contributed by atoms with Gasteiger partial charge in [-0.25, -0.2) is 0 Å². The van der Waals surface area contributed by atoms with Crippen LogP contribution in [0.1, 0.15) is 24.2 Å². The molecule has 0 saturated carbocycles. The number of hydrogen-bond acceptors (Lipinski definition) is 5. The number of furan rings is 1. The van der Waals surface area contributed by atoms with Gasteiger partial charge in [0.2, 0.25) is 11.8 Å². The molecule has 8 nitrogen and oxygen atoms in total. The maximum absolute atomic E-state index is 13.8. The van der Waals surface area contributed by atoms with Crippen molar-refractivity contribution in [2.75, 3.05) is 31.2 Å². The van der Waals surface area contributed by atoms with Crippen molar-refractivity contribution in [1.29, 1.82) is 0 Å². The molecule has 2 aromatic carbocycles. The zero-order chi connectivity index (χ0) is 25.7. The standard InChI is InChI=1S/C29H30N4O4/c34-26(30-20-25-12-7-19-37-25)21-32-22-33(24-10-5-2-6-11-24)29(28(32)36)15-17-31(18-16-29)27(35)14-13-23-8-3-1-4-9-23/h1-14,19H,15-18,20-22H2,(H,30,34). The van der Waals surface area contributed by atoms with Crippen LogP contribution in [-0.4, -0.2) is 59.4 Å². The number of anilines is 1. The molecular weight excluding hydrogens is 468 g/mol. The van der Waals surface area contributed by atoms with E-state index in [-0.39, 0.29) is 30.8 Å². The molecule has 8 heteroatoms. The number of nitrogens with one attached hydrogen (secondary N) is 1. The zero-order valence-corrected chi connectivity index (χ0v) is 20.6. The van der Waals surface area contributed by atoms with Crippen molar-refractivity contribution in [3.05, 3.63) is 96.5 Å². The third kappa shape index (κ3) is 5.28. The van der Waals surface area contributed by atoms with Gasteiger partial charge in [0.1, 0.15) is 17.8 Å². The number of rotatable bonds is 7. The fourth-order valence-electron chi connectivity index (χ4n) is 5.08. The normalized spacial score (nSPS) is 17.1. The molecule has 3 aromatic rings. The second-order valence-electron chi connectivity index (χ2n) is 9.37. The lowest BCUT2D eigenvalue weighted by Gasteiger charge is -2.43. The van der Waals surface area contributed by atoms with Crippen LogP contribution in [-0.2, 0) is 20.9 Å². The lowest BCUT2D eigenvalue weighted by Crippen LogP contribution is -2.57. The summed E-state index contributed by atoms with van der Waals surface area (Å²) in [5, 5.41) is 2.82. The summed E-state index contributed by atoms with van der Waals surface area (Å²) in [7, 11) is 0. The monoisotopic (exact) mass is 498 g/mol. The Kier molecular flexibility index (Phi) is 7.07. The highest BCUT2D eigenvalue weighted by atomic mass is 16.3. The molecule has 2 aliphatic heterocycles. The molecular formula is C29H30N4O4. The third-order valence-corrected chi connectivity index (χ3v) is 7.08. The topological polar surface area (TPSA) is 86.1 Å². The van der Waals surface area contributed by atoms with Crippen LogP contribution in [0.25, 0.3) is 6.08 Å². The summed E-state index contributed by atoms with van der Waals surface area (Å²) in [6, 6.07) is 23.0. The number of carbonyl (C=O) groups excluding carboxylic acids is 3. The first-order valence-corrected chi connectivity index (χ1v) is 12.5. The lowest BCUT2D eigenvalue weighted by molar-refractivity contribution is -0.138. The fraction of sp³-hybridized carbons (Fsp3) is 0.276. The summed E-state index contributed by atoms with van der Waals surface area (Å²) in [4.78, 5) is 44.8. The van der Waals surface area contributed by atoms with Crippen LogP contribution in [0, 0.1) is 0 Å². The first kappa shape index (κ1) is 24.4. The van der Waals surface area contributed by atoms with E-state index in [1.807, 2.05) is 66.7 Å². The molecule has 2 saturated heterocycles. The zero-order valence-electron chi connectivity index (χ0n) is 20.6. The molecule has 5 rings (SSSR count). The quantitative estimate of drug-likeness (QED) is 0.506. The fourth-order valence-corrected chi connectivity index (χ4v) is 5.08. The van der Waals surface area contributed by atoms with Gasteiger partial charge in [-0.1, -0.05) is 48.5 Å². The summed E-state index contributed by atoms with van der Waals surface area (Å²) in [5.41, 5.74) is 1.10. The second kappa shape index (κ2) is 10.7. The van der Waals surface area contributed by atoms with Crippen molar-refractivity contribution in [1.82, 2.24) is 15.1 Å². The molecule has 1 spiro atoms.